The molecule has 0 aromatic rings. The highest BCUT2D eigenvalue weighted by Crippen LogP contribution is 2.36. The van der Waals surface area contributed by atoms with E-state index in [1.54, 1.807) is 0 Å². The first-order chi connectivity index (χ1) is 37.3. The summed E-state index contributed by atoms with van der Waals surface area (Å²) in [5.41, 5.74) is 0. The molecule has 456 valence electrons. The molecule has 6 fully saturated rings. The van der Waals surface area contributed by atoms with E-state index in [0.717, 1.165) is 27.7 Å². The molecule has 4 amide bonds. The first-order valence-electron chi connectivity index (χ1n) is 25.1. The molecule has 20 N–H and O–H groups in total. The van der Waals surface area contributed by atoms with Gasteiger partial charge >= 0.3 is 0 Å². The summed E-state index contributed by atoms with van der Waals surface area (Å²) in [5.74, 6) is -3.12. The van der Waals surface area contributed by atoms with Crippen LogP contribution in [0.1, 0.15) is 27.7 Å². The van der Waals surface area contributed by atoms with Crippen LogP contribution >= 0.6 is 0 Å². The van der Waals surface area contributed by atoms with Crippen molar-refractivity contribution in [3.05, 3.63) is 0 Å². The van der Waals surface area contributed by atoms with Crippen molar-refractivity contribution in [3.63, 3.8) is 0 Å². The highest BCUT2D eigenvalue weighted by atomic mass is 16.8. The molecule has 6 heterocycles. The van der Waals surface area contributed by atoms with Crippen molar-refractivity contribution in [1.29, 1.82) is 0 Å². The molecule has 6 aliphatic heterocycles. The molecule has 0 spiro atoms. The van der Waals surface area contributed by atoms with Crippen LogP contribution in [0.3, 0.4) is 0 Å². The van der Waals surface area contributed by atoms with Crippen LogP contribution in [-0.4, -0.2) is 329 Å². The molecule has 6 rings (SSSR count). The molecular weight excluding hydrogens is 1080 g/mol. The van der Waals surface area contributed by atoms with Crippen molar-refractivity contribution in [2.45, 2.75) is 212 Å². The van der Waals surface area contributed by atoms with Gasteiger partial charge in [0.15, 0.2) is 37.7 Å². The largest absolute Gasteiger partial charge is 0.394 e. The Labute approximate surface area is 448 Å². The number of aliphatic hydroxyl groups is 16. The molecule has 30 atom stereocenters. The van der Waals surface area contributed by atoms with Gasteiger partial charge in [-0.05, 0) is 0 Å². The predicted molar refractivity (Wildman–Crippen MR) is 246 cm³/mol. The molecule has 0 saturated carbocycles. The summed E-state index contributed by atoms with van der Waals surface area (Å²) in [7, 11) is 0. The fraction of sp³-hybridized carbons (Fsp3) is 0.909. The summed E-state index contributed by atoms with van der Waals surface area (Å²) in [6.07, 6.45) is -48.3. The maximum Gasteiger partial charge on any atom is 0.217 e. The average molecular weight is 1160 g/mol. The molecule has 1 unspecified atom stereocenters. The van der Waals surface area contributed by atoms with Crippen molar-refractivity contribution >= 4 is 23.6 Å². The van der Waals surface area contributed by atoms with Crippen molar-refractivity contribution in [3.8, 4) is 0 Å². The summed E-state index contributed by atoms with van der Waals surface area (Å²) in [4.78, 5) is 49.2. The Bertz CT molecular complexity index is 1990. The third-order valence-corrected chi connectivity index (χ3v) is 14.0. The Kier molecular flexibility index (Phi) is 23.3. The van der Waals surface area contributed by atoms with E-state index in [0.29, 0.717) is 0 Å². The normalized spacial score (nSPS) is 46.7. The van der Waals surface area contributed by atoms with Gasteiger partial charge in [-0.1, -0.05) is 0 Å². The Morgan fingerprint density at radius 1 is 0.329 bits per heavy atom. The maximum absolute atomic E-state index is 12.6. The lowest BCUT2D eigenvalue weighted by atomic mass is 9.94. The molecule has 0 aromatic carbocycles. The van der Waals surface area contributed by atoms with Gasteiger partial charge in [-0.3, -0.25) is 19.2 Å². The molecule has 6 saturated heterocycles. The third kappa shape index (κ3) is 14.8. The topological polar surface area (TPSA) is 542 Å². The monoisotopic (exact) mass is 1150 g/mol. The van der Waals surface area contributed by atoms with E-state index in [4.69, 9.17) is 52.1 Å². The summed E-state index contributed by atoms with van der Waals surface area (Å²) in [5, 5.41) is 183. The van der Waals surface area contributed by atoms with Crippen LogP contribution < -0.4 is 21.3 Å². The van der Waals surface area contributed by atoms with E-state index >= 15 is 0 Å². The number of aliphatic hydroxyl groups excluding tert-OH is 16. The second kappa shape index (κ2) is 28.4. The van der Waals surface area contributed by atoms with Gasteiger partial charge in [-0.25, -0.2) is 0 Å². The van der Waals surface area contributed by atoms with Crippen LogP contribution in [0.4, 0.5) is 0 Å². The smallest absolute Gasteiger partial charge is 0.217 e. The number of rotatable bonds is 20. The molecule has 79 heavy (non-hydrogen) atoms. The molecule has 0 bridgehead atoms. The van der Waals surface area contributed by atoms with E-state index < -0.39 is 247 Å². The van der Waals surface area contributed by atoms with Crippen molar-refractivity contribution in [2.75, 3.05) is 39.6 Å². The minimum Gasteiger partial charge on any atom is -0.394 e. The van der Waals surface area contributed by atoms with Gasteiger partial charge in [0.2, 0.25) is 23.6 Å². The Morgan fingerprint density at radius 3 is 1.04 bits per heavy atom. The first kappa shape index (κ1) is 65.0. The standard InChI is InChI=1S/C44H74N4O31/c1-11(54)45-21-30(63)25(58)15(5-49)71-41(21)78-37-27(60)17(7-51)73-43(33(37)66)76-35-19(9-53)75-40(23(32(35)65)47-13(3)56)69-10-20-29(62)36(24(39(68)70-20)48-14(4)57)77-44-34(67)38(28(61)18(8-52)74-44)79-42-22(46-12(2)55)31(64)26(59)16(6-50)72-42/h15-44,49-53,58-68H,5-10H2,1-4H3,(H,45,54)(H,46,55)(H,47,56)(H,48,57)/t15-,16-,17-,18-,19-,20-,21-,22-,23-,24-,25+,26+,27+,28+,29+,30-,31-,32-,33-,34-,35-,36-,37+,38+,39?,40-,41+,42+,43+,44+/m1/s1. The molecular formula is C44H74N4O31. The van der Waals surface area contributed by atoms with E-state index in [1.165, 1.54) is 0 Å². The van der Waals surface area contributed by atoms with Crippen LogP contribution in [0, 0.1) is 0 Å². The zero-order valence-electron chi connectivity index (χ0n) is 42.8. The summed E-state index contributed by atoms with van der Waals surface area (Å²) in [6.45, 7) is -1.42. The van der Waals surface area contributed by atoms with Crippen LogP contribution in [0.25, 0.3) is 0 Å². The van der Waals surface area contributed by atoms with Crippen LogP contribution in [-0.2, 0) is 71.3 Å². The highest BCUT2D eigenvalue weighted by molar-refractivity contribution is 5.74. The number of hydrogen-bond acceptors (Lipinski definition) is 31. The lowest BCUT2D eigenvalue weighted by Gasteiger charge is -2.50. The average Bonchev–Trinajstić information content (AvgIpc) is 3.43. The van der Waals surface area contributed by atoms with Gasteiger partial charge in [0.1, 0.15) is 146 Å². The molecule has 0 aromatic heterocycles. The minimum absolute atomic E-state index is 0.742. The van der Waals surface area contributed by atoms with Crippen LogP contribution in [0.15, 0.2) is 0 Å². The fourth-order valence-corrected chi connectivity index (χ4v) is 10.0. The maximum atomic E-state index is 12.6. The first-order valence-corrected chi connectivity index (χ1v) is 25.1. The number of carbonyl (C=O) groups excluding carboxylic acids is 4. The number of hydrogen-bond donors (Lipinski definition) is 20. The Hall–Kier alpha value is -3.20. The minimum atomic E-state index is -2.16. The second-order valence-corrected chi connectivity index (χ2v) is 19.7. The van der Waals surface area contributed by atoms with E-state index in [9.17, 15) is 101 Å². The zero-order chi connectivity index (χ0) is 58.5. The SMILES string of the molecule is CC(=O)N[C@H]1[C@H](OC[C@H]2OC(O)[C@H](NC(C)=O)[C@@H](O[C@@H]3O[C@H](CO)[C@H](O)[C@H](O[C@@H]4O[C@H](CO)[C@H](O)[C@H](O)[C@H]4NC(C)=O)[C@H]3O)[C@H]2O)O[C@H](CO)[C@@H](O[C@@H]2O[C@H](CO)[C@H](O)[C@H](O[C@@H]3O[C@H](CO)[C@H](O)[C@H](O)[C@H]3NC(C)=O)[C@H]2O)[C@@H]1O. The van der Waals surface area contributed by atoms with Crippen molar-refractivity contribution < 1.29 is 153 Å². The summed E-state index contributed by atoms with van der Waals surface area (Å²) >= 11 is 0. The zero-order valence-corrected chi connectivity index (χ0v) is 42.8. The van der Waals surface area contributed by atoms with Gasteiger partial charge in [0, 0.05) is 27.7 Å². The van der Waals surface area contributed by atoms with Gasteiger partial charge in [0.25, 0.3) is 0 Å². The van der Waals surface area contributed by atoms with E-state index in [1.807, 2.05) is 0 Å². The lowest BCUT2D eigenvalue weighted by Crippen LogP contribution is -2.70. The molecule has 0 radical (unpaired) electrons. The summed E-state index contributed by atoms with van der Waals surface area (Å²) in [6, 6.07) is -6.55. The van der Waals surface area contributed by atoms with Crippen molar-refractivity contribution in [1.82, 2.24) is 21.3 Å². The van der Waals surface area contributed by atoms with Crippen molar-refractivity contribution in [2.24, 2.45) is 0 Å². The number of ether oxygens (including phenoxy) is 11. The lowest BCUT2D eigenvalue weighted by molar-refractivity contribution is -0.372. The highest BCUT2D eigenvalue weighted by Gasteiger charge is 2.57. The van der Waals surface area contributed by atoms with Gasteiger partial charge in [0.05, 0.1) is 39.6 Å². The van der Waals surface area contributed by atoms with E-state index in [2.05, 4.69) is 21.3 Å². The number of carbonyl (C=O) groups is 4. The van der Waals surface area contributed by atoms with Gasteiger partial charge in [-0.15, -0.1) is 0 Å². The van der Waals surface area contributed by atoms with Crippen LogP contribution in [0.2, 0.25) is 0 Å². The Morgan fingerprint density at radius 2 is 0.646 bits per heavy atom. The number of amides is 4. The molecule has 35 nitrogen and oxygen atoms in total. The third-order valence-electron chi connectivity index (χ3n) is 14.0. The number of nitrogens with one attached hydrogen (secondary N) is 4. The Balaban J connectivity index is 1.19. The molecule has 35 heteroatoms. The van der Waals surface area contributed by atoms with E-state index in [-0.39, 0.29) is 0 Å². The van der Waals surface area contributed by atoms with Gasteiger partial charge in [-0.2, -0.15) is 0 Å². The molecule has 6 aliphatic rings. The quantitative estimate of drug-likeness (QED) is 0.0538. The molecule has 0 aliphatic carbocycles. The second-order valence-electron chi connectivity index (χ2n) is 19.7. The summed E-state index contributed by atoms with van der Waals surface area (Å²) < 4.78 is 63.4. The van der Waals surface area contributed by atoms with Gasteiger partial charge < -0.3 is 155 Å². The fourth-order valence-electron chi connectivity index (χ4n) is 10.0. The predicted octanol–water partition coefficient (Wildman–Crippen LogP) is -13.5. The van der Waals surface area contributed by atoms with Crippen LogP contribution in [0.5, 0.6) is 0 Å².